The highest BCUT2D eigenvalue weighted by molar-refractivity contribution is 6.29. The molecule has 0 aromatic carbocycles. The summed E-state index contributed by atoms with van der Waals surface area (Å²) in [5.74, 6) is 0. The van der Waals surface area contributed by atoms with Gasteiger partial charge in [-0.25, -0.2) is 4.98 Å². The van der Waals surface area contributed by atoms with Crippen molar-refractivity contribution < 1.29 is 4.74 Å². The molecule has 1 aromatic rings. The first-order chi connectivity index (χ1) is 7.68. The molecule has 1 aliphatic rings. The maximum absolute atomic E-state index is 5.73. The van der Waals surface area contributed by atoms with Crippen molar-refractivity contribution in [1.29, 1.82) is 0 Å². The minimum absolute atomic E-state index is 0.331. The molecule has 1 aliphatic heterocycles. The fourth-order valence-electron chi connectivity index (χ4n) is 1.84. The Kier molecular flexibility index (Phi) is 3.66. The van der Waals surface area contributed by atoms with Crippen LogP contribution in [0.15, 0.2) is 18.3 Å². The minimum atomic E-state index is 0.331. The Balaban J connectivity index is 1.88. The predicted molar refractivity (Wildman–Crippen MR) is 65.9 cm³/mol. The molecule has 16 heavy (non-hydrogen) atoms. The SMILES string of the molecule is CC1(CNc2ccc(Cl)nc2)CCOCC1. The van der Waals surface area contributed by atoms with Gasteiger partial charge >= 0.3 is 0 Å². The second-order valence-corrected chi connectivity index (χ2v) is 5.03. The van der Waals surface area contributed by atoms with Gasteiger partial charge in [-0.3, -0.25) is 0 Å². The number of hydrogen-bond acceptors (Lipinski definition) is 3. The number of halogens is 1. The first-order valence-corrected chi connectivity index (χ1v) is 5.99. The van der Waals surface area contributed by atoms with Gasteiger partial charge in [0.15, 0.2) is 0 Å². The Labute approximate surface area is 101 Å². The molecule has 0 aliphatic carbocycles. The van der Waals surface area contributed by atoms with E-state index < -0.39 is 0 Å². The van der Waals surface area contributed by atoms with Gasteiger partial charge in [-0.05, 0) is 30.4 Å². The molecule has 88 valence electrons. The second kappa shape index (κ2) is 5.02. The van der Waals surface area contributed by atoms with E-state index in [1.165, 1.54) is 0 Å². The Bertz CT molecular complexity index is 333. The van der Waals surface area contributed by atoms with E-state index in [4.69, 9.17) is 16.3 Å². The van der Waals surface area contributed by atoms with Crippen molar-refractivity contribution in [3.05, 3.63) is 23.5 Å². The lowest BCUT2D eigenvalue weighted by molar-refractivity contribution is 0.0300. The average molecular weight is 241 g/mol. The number of nitrogens with zero attached hydrogens (tertiary/aromatic N) is 1. The van der Waals surface area contributed by atoms with Crippen molar-refractivity contribution in [2.75, 3.05) is 25.1 Å². The highest BCUT2D eigenvalue weighted by Gasteiger charge is 2.26. The van der Waals surface area contributed by atoms with Crippen molar-refractivity contribution >= 4 is 17.3 Å². The van der Waals surface area contributed by atoms with Gasteiger partial charge < -0.3 is 10.1 Å². The molecule has 0 bridgehead atoms. The van der Waals surface area contributed by atoms with Crippen LogP contribution in [-0.2, 0) is 4.74 Å². The van der Waals surface area contributed by atoms with Crippen LogP contribution in [0.1, 0.15) is 19.8 Å². The van der Waals surface area contributed by atoms with Crippen molar-refractivity contribution in [3.8, 4) is 0 Å². The van der Waals surface area contributed by atoms with Crippen molar-refractivity contribution in [1.82, 2.24) is 4.98 Å². The molecular weight excluding hydrogens is 224 g/mol. The highest BCUT2D eigenvalue weighted by Crippen LogP contribution is 2.29. The first kappa shape index (κ1) is 11.7. The van der Waals surface area contributed by atoms with E-state index in [-0.39, 0.29) is 0 Å². The van der Waals surface area contributed by atoms with Crippen LogP contribution < -0.4 is 5.32 Å². The molecule has 2 rings (SSSR count). The largest absolute Gasteiger partial charge is 0.383 e. The number of pyridine rings is 1. The summed E-state index contributed by atoms with van der Waals surface area (Å²) in [5, 5.41) is 3.94. The standard InChI is InChI=1S/C12H17ClN2O/c1-12(4-6-16-7-5-12)9-15-10-2-3-11(13)14-8-10/h2-3,8,15H,4-7,9H2,1H3. The van der Waals surface area contributed by atoms with E-state index in [0.29, 0.717) is 10.6 Å². The fraction of sp³-hybridized carbons (Fsp3) is 0.583. The normalized spacial score (nSPS) is 19.4. The monoisotopic (exact) mass is 240 g/mol. The molecule has 0 spiro atoms. The number of aromatic nitrogens is 1. The average Bonchev–Trinajstić information content (AvgIpc) is 2.29. The van der Waals surface area contributed by atoms with E-state index >= 15 is 0 Å². The molecule has 1 N–H and O–H groups in total. The predicted octanol–water partition coefficient (Wildman–Crippen LogP) is 2.96. The van der Waals surface area contributed by atoms with Gasteiger partial charge in [-0.15, -0.1) is 0 Å². The number of ether oxygens (including phenoxy) is 1. The van der Waals surface area contributed by atoms with Gasteiger partial charge in [0.05, 0.1) is 11.9 Å². The van der Waals surface area contributed by atoms with Gasteiger partial charge in [0.25, 0.3) is 0 Å². The van der Waals surface area contributed by atoms with Gasteiger partial charge in [0.2, 0.25) is 0 Å². The molecule has 0 unspecified atom stereocenters. The lowest BCUT2D eigenvalue weighted by atomic mass is 9.82. The topological polar surface area (TPSA) is 34.2 Å². The number of anilines is 1. The van der Waals surface area contributed by atoms with E-state index in [1.807, 2.05) is 6.07 Å². The smallest absolute Gasteiger partial charge is 0.129 e. The summed E-state index contributed by atoms with van der Waals surface area (Å²) < 4.78 is 5.38. The van der Waals surface area contributed by atoms with Crippen LogP contribution in [0.3, 0.4) is 0 Å². The Hall–Kier alpha value is -0.800. The lowest BCUT2D eigenvalue weighted by Gasteiger charge is -2.33. The van der Waals surface area contributed by atoms with Gasteiger partial charge in [0.1, 0.15) is 5.15 Å². The summed E-state index contributed by atoms with van der Waals surface area (Å²) in [6.07, 6.45) is 3.99. The molecule has 0 amide bonds. The summed E-state index contributed by atoms with van der Waals surface area (Å²) >= 11 is 5.73. The molecule has 0 saturated carbocycles. The maximum atomic E-state index is 5.73. The van der Waals surface area contributed by atoms with Crippen LogP contribution in [0.4, 0.5) is 5.69 Å². The molecule has 1 saturated heterocycles. The van der Waals surface area contributed by atoms with Crippen LogP contribution in [0.5, 0.6) is 0 Å². The molecular formula is C12H17ClN2O. The molecule has 1 aromatic heterocycles. The van der Waals surface area contributed by atoms with E-state index in [9.17, 15) is 0 Å². The Morgan fingerprint density at radius 3 is 2.81 bits per heavy atom. The highest BCUT2D eigenvalue weighted by atomic mass is 35.5. The van der Waals surface area contributed by atoms with Crippen LogP contribution in [0.25, 0.3) is 0 Å². The Morgan fingerprint density at radius 2 is 2.19 bits per heavy atom. The summed E-state index contributed by atoms with van der Waals surface area (Å²) in [6, 6.07) is 3.76. The third-order valence-electron chi connectivity index (χ3n) is 3.15. The third kappa shape index (κ3) is 3.09. The molecule has 1 fully saturated rings. The molecule has 4 heteroatoms. The van der Waals surface area contributed by atoms with Gasteiger partial charge in [-0.2, -0.15) is 0 Å². The van der Waals surface area contributed by atoms with E-state index in [2.05, 4.69) is 17.2 Å². The van der Waals surface area contributed by atoms with E-state index in [0.717, 1.165) is 38.3 Å². The van der Waals surface area contributed by atoms with Crippen molar-refractivity contribution in [2.24, 2.45) is 5.41 Å². The van der Waals surface area contributed by atoms with Gasteiger partial charge in [0, 0.05) is 19.8 Å². The minimum Gasteiger partial charge on any atom is -0.383 e. The van der Waals surface area contributed by atoms with E-state index in [1.54, 1.807) is 12.3 Å². The third-order valence-corrected chi connectivity index (χ3v) is 3.37. The molecule has 2 heterocycles. The van der Waals surface area contributed by atoms with Crippen LogP contribution in [0.2, 0.25) is 5.15 Å². The molecule has 0 radical (unpaired) electrons. The zero-order valence-electron chi connectivity index (χ0n) is 9.50. The zero-order valence-corrected chi connectivity index (χ0v) is 10.3. The van der Waals surface area contributed by atoms with Gasteiger partial charge in [-0.1, -0.05) is 18.5 Å². The second-order valence-electron chi connectivity index (χ2n) is 4.65. The summed E-state index contributed by atoms with van der Waals surface area (Å²) in [4.78, 5) is 4.04. The van der Waals surface area contributed by atoms with Crippen LogP contribution in [-0.4, -0.2) is 24.7 Å². The van der Waals surface area contributed by atoms with Crippen molar-refractivity contribution in [3.63, 3.8) is 0 Å². The first-order valence-electron chi connectivity index (χ1n) is 5.61. The number of nitrogens with one attached hydrogen (secondary N) is 1. The Morgan fingerprint density at radius 1 is 1.44 bits per heavy atom. The molecule has 0 atom stereocenters. The maximum Gasteiger partial charge on any atom is 0.129 e. The van der Waals surface area contributed by atoms with Crippen LogP contribution in [0, 0.1) is 5.41 Å². The number of hydrogen-bond donors (Lipinski definition) is 1. The quantitative estimate of drug-likeness (QED) is 0.825. The molecule has 3 nitrogen and oxygen atoms in total. The summed E-state index contributed by atoms with van der Waals surface area (Å²) in [6.45, 7) is 5.00. The summed E-state index contributed by atoms with van der Waals surface area (Å²) in [7, 11) is 0. The van der Waals surface area contributed by atoms with Crippen molar-refractivity contribution in [2.45, 2.75) is 19.8 Å². The zero-order chi connectivity index (χ0) is 11.4. The summed E-state index contributed by atoms with van der Waals surface area (Å²) in [5.41, 5.74) is 1.36. The van der Waals surface area contributed by atoms with Crippen LogP contribution >= 0.6 is 11.6 Å². The lowest BCUT2D eigenvalue weighted by Crippen LogP contribution is -2.33. The number of rotatable bonds is 3. The fourth-order valence-corrected chi connectivity index (χ4v) is 1.95.